The Bertz CT molecular complexity index is 1140. The van der Waals surface area contributed by atoms with Crippen molar-refractivity contribution in [1.82, 2.24) is 15.0 Å². The molecule has 1 fully saturated rings. The number of carbonyl (C=O) groups excluding carboxylic acids is 2. The summed E-state index contributed by atoms with van der Waals surface area (Å²) in [5, 5.41) is 6.98. The van der Waals surface area contributed by atoms with Crippen molar-refractivity contribution in [2.24, 2.45) is 0 Å². The van der Waals surface area contributed by atoms with Crippen LogP contribution in [0.5, 0.6) is 0 Å². The van der Waals surface area contributed by atoms with E-state index in [1.807, 2.05) is 73.4 Å². The zero-order valence-corrected chi connectivity index (χ0v) is 19.0. The maximum atomic E-state index is 12.6. The minimum atomic E-state index is -0.0454. The van der Waals surface area contributed by atoms with Crippen LogP contribution < -0.4 is 5.32 Å². The summed E-state index contributed by atoms with van der Waals surface area (Å²) < 4.78 is 5.55. The fourth-order valence-corrected chi connectivity index (χ4v) is 3.80. The van der Waals surface area contributed by atoms with Gasteiger partial charge in [-0.05, 0) is 43.5 Å². The maximum absolute atomic E-state index is 12.6. The van der Waals surface area contributed by atoms with Gasteiger partial charge < -0.3 is 14.7 Å². The first-order valence-electron chi connectivity index (χ1n) is 11.3. The van der Waals surface area contributed by atoms with Gasteiger partial charge in [-0.1, -0.05) is 54.0 Å². The van der Waals surface area contributed by atoms with E-state index >= 15 is 0 Å². The van der Waals surface area contributed by atoms with Gasteiger partial charge in [0.1, 0.15) is 0 Å². The predicted molar refractivity (Wildman–Crippen MR) is 127 cm³/mol. The number of aryl methyl sites for hydroxylation is 1. The summed E-state index contributed by atoms with van der Waals surface area (Å²) in [4.78, 5) is 30.7. The van der Waals surface area contributed by atoms with Gasteiger partial charge in [-0.2, -0.15) is 4.98 Å². The molecule has 7 heteroatoms. The van der Waals surface area contributed by atoms with Gasteiger partial charge in [0, 0.05) is 42.8 Å². The Morgan fingerprint density at radius 1 is 1.15 bits per heavy atom. The molecule has 2 aromatic carbocycles. The van der Waals surface area contributed by atoms with E-state index in [9.17, 15) is 9.59 Å². The second kappa shape index (κ2) is 10.3. The van der Waals surface area contributed by atoms with Crippen LogP contribution in [0.1, 0.15) is 49.1 Å². The van der Waals surface area contributed by atoms with E-state index < -0.39 is 0 Å². The highest BCUT2D eigenvalue weighted by atomic mass is 16.5. The van der Waals surface area contributed by atoms with E-state index in [0.717, 1.165) is 24.0 Å². The molecule has 0 bridgehead atoms. The van der Waals surface area contributed by atoms with Gasteiger partial charge in [-0.25, -0.2) is 0 Å². The van der Waals surface area contributed by atoms with Gasteiger partial charge in [-0.3, -0.25) is 9.59 Å². The molecule has 3 aromatic rings. The summed E-state index contributed by atoms with van der Waals surface area (Å²) in [6, 6.07) is 15.5. The van der Waals surface area contributed by atoms with Crippen LogP contribution in [-0.2, 0) is 9.59 Å². The number of carbonyl (C=O) groups is 2. The lowest BCUT2D eigenvalue weighted by Crippen LogP contribution is -2.36. The molecule has 170 valence electrons. The van der Waals surface area contributed by atoms with Crippen LogP contribution in [-0.4, -0.2) is 39.9 Å². The van der Waals surface area contributed by atoms with Gasteiger partial charge >= 0.3 is 0 Å². The third-order valence-electron chi connectivity index (χ3n) is 5.82. The maximum Gasteiger partial charge on any atom is 0.246 e. The number of likely N-dealkylation sites (tertiary alicyclic amines) is 1. The number of amides is 2. The molecule has 1 aromatic heterocycles. The molecule has 1 aliphatic rings. The van der Waals surface area contributed by atoms with Gasteiger partial charge in [0.05, 0.1) is 0 Å². The van der Waals surface area contributed by atoms with E-state index in [2.05, 4.69) is 15.5 Å². The number of aromatic nitrogens is 2. The van der Waals surface area contributed by atoms with Crippen molar-refractivity contribution in [3.8, 4) is 11.4 Å². The Balaban J connectivity index is 1.34. The first-order chi connectivity index (χ1) is 16.0. The molecule has 0 atom stereocenters. The van der Waals surface area contributed by atoms with Crippen LogP contribution in [0.15, 0.2) is 59.1 Å². The van der Waals surface area contributed by atoms with Crippen molar-refractivity contribution in [2.75, 3.05) is 18.4 Å². The topological polar surface area (TPSA) is 88.3 Å². The summed E-state index contributed by atoms with van der Waals surface area (Å²) >= 11 is 0. The fourth-order valence-electron chi connectivity index (χ4n) is 3.80. The van der Waals surface area contributed by atoms with Crippen LogP contribution in [0.3, 0.4) is 0 Å². The number of benzene rings is 2. The molecule has 0 spiro atoms. The van der Waals surface area contributed by atoms with Crippen molar-refractivity contribution in [1.29, 1.82) is 0 Å². The zero-order valence-electron chi connectivity index (χ0n) is 19.0. The molecule has 33 heavy (non-hydrogen) atoms. The number of hydrogen-bond donors (Lipinski definition) is 1. The number of nitrogens with zero attached hydrogens (tertiary/aromatic N) is 3. The molecule has 1 saturated heterocycles. The Morgan fingerprint density at radius 3 is 2.64 bits per heavy atom. The quantitative estimate of drug-likeness (QED) is 0.551. The minimum Gasteiger partial charge on any atom is -0.339 e. The van der Waals surface area contributed by atoms with Gasteiger partial charge in [0.15, 0.2) is 0 Å². The molecule has 0 radical (unpaired) electrons. The molecule has 7 nitrogen and oxygen atoms in total. The van der Waals surface area contributed by atoms with E-state index in [-0.39, 0.29) is 17.7 Å². The van der Waals surface area contributed by atoms with Gasteiger partial charge in [0.25, 0.3) is 0 Å². The number of nitrogens with one attached hydrogen (secondary N) is 1. The molecule has 2 heterocycles. The normalized spacial score (nSPS) is 14.5. The molecule has 4 rings (SSSR count). The van der Waals surface area contributed by atoms with Gasteiger partial charge in [0.2, 0.25) is 23.5 Å². The zero-order chi connectivity index (χ0) is 23.2. The lowest BCUT2D eigenvalue weighted by Gasteiger charge is -2.29. The third kappa shape index (κ3) is 5.74. The van der Waals surface area contributed by atoms with Crippen LogP contribution >= 0.6 is 0 Å². The second-order valence-corrected chi connectivity index (χ2v) is 8.28. The first kappa shape index (κ1) is 22.5. The summed E-state index contributed by atoms with van der Waals surface area (Å²) in [5.74, 6) is 1.19. The van der Waals surface area contributed by atoms with Crippen molar-refractivity contribution < 1.29 is 14.1 Å². The molecule has 1 aliphatic heterocycles. The van der Waals surface area contributed by atoms with Gasteiger partial charge in [-0.15, -0.1) is 0 Å². The van der Waals surface area contributed by atoms with Crippen molar-refractivity contribution in [2.45, 2.75) is 39.0 Å². The van der Waals surface area contributed by atoms with E-state index in [1.54, 1.807) is 6.08 Å². The van der Waals surface area contributed by atoms with Crippen LogP contribution in [0.25, 0.3) is 17.5 Å². The van der Waals surface area contributed by atoms with Crippen molar-refractivity contribution in [3.63, 3.8) is 0 Å². The fraction of sp³-hybridized carbons (Fsp3) is 0.308. The molecular formula is C26H28N4O3. The van der Waals surface area contributed by atoms with Crippen molar-refractivity contribution in [3.05, 3.63) is 71.6 Å². The summed E-state index contributed by atoms with van der Waals surface area (Å²) in [6.45, 7) is 5.15. The van der Waals surface area contributed by atoms with Crippen LogP contribution in [0, 0.1) is 6.92 Å². The monoisotopic (exact) mass is 444 g/mol. The lowest BCUT2D eigenvalue weighted by atomic mass is 9.96. The average Bonchev–Trinajstić information content (AvgIpc) is 3.34. The lowest BCUT2D eigenvalue weighted by molar-refractivity contribution is -0.127. The number of piperidine rings is 1. The standard InChI is InChI=1S/C26H28N4O3/c1-3-23(31)27-22-6-4-5-21(17-22)25-28-26(33-29-25)20-13-15-30(16-14-20)24(32)12-11-19-9-7-18(2)8-10-19/h4-12,17,20H,3,13-16H2,1-2H3,(H,27,31)/b12-11+. The molecule has 2 amide bonds. The molecule has 0 unspecified atom stereocenters. The minimum absolute atomic E-state index is 0.0196. The SMILES string of the molecule is CCC(=O)Nc1cccc(-c2noc(C3CCN(C(=O)/C=C/c4ccc(C)cc4)CC3)n2)c1. The average molecular weight is 445 g/mol. The molecule has 1 N–H and O–H groups in total. The van der Waals surface area contributed by atoms with E-state index in [0.29, 0.717) is 36.9 Å². The summed E-state index contributed by atoms with van der Waals surface area (Å²) in [6.07, 6.45) is 5.46. The largest absolute Gasteiger partial charge is 0.339 e. The predicted octanol–water partition coefficient (Wildman–Crippen LogP) is 4.81. The summed E-state index contributed by atoms with van der Waals surface area (Å²) in [7, 11) is 0. The molecule has 0 aliphatic carbocycles. The highest BCUT2D eigenvalue weighted by molar-refractivity contribution is 5.92. The first-order valence-corrected chi connectivity index (χ1v) is 11.3. The number of hydrogen-bond acceptors (Lipinski definition) is 5. The van der Waals surface area contributed by atoms with Crippen LogP contribution in [0.2, 0.25) is 0 Å². The Hall–Kier alpha value is -3.74. The number of anilines is 1. The van der Waals surface area contributed by atoms with Crippen molar-refractivity contribution >= 4 is 23.6 Å². The number of rotatable bonds is 6. The highest BCUT2D eigenvalue weighted by Gasteiger charge is 2.27. The molecular weight excluding hydrogens is 416 g/mol. The third-order valence-corrected chi connectivity index (χ3v) is 5.82. The van der Waals surface area contributed by atoms with E-state index in [4.69, 9.17) is 4.52 Å². The second-order valence-electron chi connectivity index (χ2n) is 8.28. The molecule has 0 saturated carbocycles. The Morgan fingerprint density at radius 2 is 1.91 bits per heavy atom. The van der Waals surface area contributed by atoms with Crippen LogP contribution in [0.4, 0.5) is 5.69 Å². The Labute approximate surface area is 193 Å². The smallest absolute Gasteiger partial charge is 0.246 e. The summed E-state index contributed by atoms with van der Waals surface area (Å²) in [5.41, 5.74) is 3.70. The Kier molecular flexibility index (Phi) is 6.98. The highest BCUT2D eigenvalue weighted by Crippen LogP contribution is 2.29. The van der Waals surface area contributed by atoms with E-state index in [1.165, 1.54) is 5.56 Å².